The van der Waals surface area contributed by atoms with Gasteiger partial charge >= 0.3 is 0 Å². The van der Waals surface area contributed by atoms with Crippen molar-refractivity contribution >= 4 is 0 Å². The zero-order chi connectivity index (χ0) is 20.3. The fraction of sp³-hybridized carbons (Fsp3) is 0.840. The maximum absolute atomic E-state index is 4.68. The molecule has 2 nitrogen and oxygen atoms in total. The molecule has 27 heavy (non-hydrogen) atoms. The summed E-state index contributed by atoms with van der Waals surface area (Å²) in [5, 5.41) is 0. The van der Waals surface area contributed by atoms with Crippen LogP contribution in [0.2, 0.25) is 0 Å². The molecule has 0 spiro atoms. The van der Waals surface area contributed by atoms with Crippen LogP contribution in [-0.4, -0.2) is 13.7 Å². The number of hydrogen-bond donors (Lipinski definition) is 0. The van der Waals surface area contributed by atoms with Gasteiger partial charge in [0, 0.05) is 0 Å². The highest BCUT2D eigenvalue weighted by Crippen LogP contribution is 2.09. The predicted octanol–water partition coefficient (Wildman–Crippen LogP) is 8.96. The quantitative estimate of drug-likeness (QED) is 0.0960. The molecule has 0 N–H and O–H groups in total. The van der Waals surface area contributed by atoms with Gasteiger partial charge in [-0.2, -0.15) is 0 Å². The lowest BCUT2D eigenvalue weighted by Crippen LogP contribution is -1.91. The van der Waals surface area contributed by atoms with Crippen molar-refractivity contribution in [3.05, 3.63) is 24.3 Å². The highest BCUT2D eigenvalue weighted by atomic mass is 17.2. The third-order valence-electron chi connectivity index (χ3n) is 4.48. The predicted molar refractivity (Wildman–Crippen MR) is 122 cm³/mol. The first-order valence-electron chi connectivity index (χ1n) is 11.8. The van der Waals surface area contributed by atoms with Crippen LogP contribution in [0, 0.1) is 0 Å². The summed E-state index contributed by atoms with van der Waals surface area (Å²) in [6, 6.07) is 0. The van der Waals surface area contributed by atoms with Crippen molar-refractivity contribution in [3.8, 4) is 0 Å². The summed E-state index contributed by atoms with van der Waals surface area (Å²) in [7, 11) is 1.54. The maximum atomic E-state index is 4.68. The third kappa shape index (κ3) is 33.4. The van der Waals surface area contributed by atoms with Gasteiger partial charge in [0.05, 0.1) is 13.7 Å². The maximum Gasteiger partial charge on any atom is 0.0822 e. The van der Waals surface area contributed by atoms with Crippen LogP contribution in [0.25, 0.3) is 0 Å². The zero-order valence-corrected chi connectivity index (χ0v) is 19.1. The molecule has 0 bridgehead atoms. The Kier molecular flexibility index (Phi) is 31.9. The Morgan fingerprint density at radius 2 is 1.00 bits per heavy atom. The first kappa shape index (κ1) is 28.6. The Hall–Kier alpha value is -0.600. The highest BCUT2D eigenvalue weighted by Gasteiger charge is 1.90. The minimum absolute atomic E-state index is 0.733. The molecule has 0 heterocycles. The highest BCUT2D eigenvalue weighted by molar-refractivity contribution is 4.81. The van der Waals surface area contributed by atoms with Crippen LogP contribution in [0.3, 0.4) is 0 Å². The van der Waals surface area contributed by atoms with Gasteiger partial charge in [0.15, 0.2) is 0 Å². The molecule has 2 heteroatoms. The molecule has 0 radical (unpaired) electrons. The monoisotopic (exact) mass is 382 g/mol. The van der Waals surface area contributed by atoms with Crippen LogP contribution in [0.15, 0.2) is 24.3 Å². The summed E-state index contributed by atoms with van der Waals surface area (Å²) >= 11 is 0. The Bertz CT molecular complexity index is 278. The van der Waals surface area contributed by atoms with Gasteiger partial charge in [0.2, 0.25) is 0 Å². The molecule has 0 aromatic heterocycles. The summed E-state index contributed by atoms with van der Waals surface area (Å²) < 4.78 is 0. The van der Waals surface area contributed by atoms with Gasteiger partial charge in [-0.3, -0.25) is 0 Å². The lowest BCUT2D eigenvalue weighted by atomic mass is 10.1. The van der Waals surface area contributed by atoms with Gasteiger partial charge in [0.25, 0.3) is 0 Å². The average Bonchev–Trinajstić information content (AvgIpc) is 2.69. The standard InChI is InChI=1S/C18H34.C7H16O2/c1-3-5-7-9-11-13-15-17-18-16-14-12-10-8-6-4-2;1-3-4-5-6-7-9-8-2/h5,7,10,12H,3-4,6,8-9,11,13-18H2,1-2H3;3-7H2,1-2H3/b7-5+,12-10+;. The number of hydrogen-bond acceptors (Lipinski definition) is 2. The van der Waals surface area contributed by atoms with Gasteiger partial charge in [-0.25, -0.2) is 9.78 Å². The molecular formula is C25H50O2. The number of allylic oxidation sites excluding steroid dienone is 4. The summed E-state index contributed by atoms with van der Waals surface area (Å²) in [6.45, 7) is 7.38. The van der Waals surface area contributed by atoms with Crippen LogP contribution in [0.5, 0.6) is 0 Å². The van der Waals surface area contributed by atoms with Crippen LogP contribution >= 0.6 is 0 Å². The van der Waals surface area contributed by atoms with Gasteiger partial charge < -0.3 is 0 Å². The molecule has 0 aliphatic heterocycles. The topological polar surface area (TPSA) is 18.5 Å². The van der Waals surface area contributed by atoms with Crippen molar-refractivity contribution < 1.29 is 9.78 Å². The van der Waals surface area contributed by atoms with E-state index in [4.69, 9.17) is 0 Å². The molecule has 0 saturated carbocycles. The summed E-state index contributed by atoms with van der Waals surface area (Å²) in [6.07, 6.45) is 30.5. The van der Waals surface area contributed by atoms with Gasteiger partial charge in [0.1, 0.15) is 0 Å². The molecular weight excluding hydrogens is 332 g/mol. The molecule has 0 aliphatic carbocycles. The largest absolute Gasteiger partial charge is 0.240 e. The van der Waals surface area contributed by atoms with E-state index >= 15 is 0 Å². The van der Waals surface area contributed by atoms with Gasteiger partial charge in [-0.1, -0.05) is 103 Å². The van der Waals surface area contributed by atoms with Gasteiger partial charge in [-0.05, 0) is 44.9 Å². The summed E-state index contributed by atoms with van der Waals surface area (Å²) in [5.41, 5.74) is 0. The Morgan fingerprint density at radius 3 is 1.52 bits per heavy atom. The lowest BCUT2D eigenvalue weighted by Gasteiger charge is -1.99. The Balaban J connectivity index is 0. The van der Waals surface area contributed by atoms with Crippen LogP contribution in [0.4, 0.5) is 0 Å². The second-order valence-corrected chi connectivity index (χ2v) is 7.24. The normalized spacial score (nSPS) is 11.3. The molecule has 0 rings (SSSR count). The first-order chi connectivity index (χ1) is 13.3. The SMILES string of the molecule is CC/C=C/CCCCCCCC/C=C/CCCC.CCCCCCOOC. The van der Waals surface area contributed by atoms with Crippen molar-refractivity contribution in [2.75, 3.05) is 13.7 Å². The smallest absolute Gasteiger partial charge is 0.0822 e. The molecule has 162 valence electrons. The first-order valence-corrected chi connectivity index (χ1v) is 11.8. The van der Waals surface area contributed by atoms with E-state index in [1.54, 1.807) is 7.11 Å². The zero-order valence-electron chi connectivity index (χ0n) is 19.1. The fourth-order valence-electron chi connectivity index (χ4n) is 2.74. The van der Waals surface area contributed by atoms with Crippen LogP contribution in [-0.2, 0) is 9.78 Å². The van der Waals surface area contributed by atoms with E-state index in [1.807, 2.05) is 0 Å². The minimum Gasteiger partial charge on any atom is -0.240 e. The van der Waals surface area contributed by atoms with Gasteiger partial charge in [-0.15, -0.1) is 0 Å². The summed E-state index contributed by atoms with van der Waals surface area (Å²) in [5.74, 6) is 0. The summed E-state index contributed by atoms with van der Waals surface area (Å²) in [4.78, 5) is 9.10. The van der Waals surface area contributed by atoms with E-state index in [0.29, 0.717) is 0 Å². The second-order valence-electron chi connectivity index (χ2n) is 7.24. The minimum atomic E-state index is 0.733. The van der Waals surface area contributed by atoms with E-state index in [9.17, 15) is 0 Å². The lowest BCUT2D eigenvalue weighted by molar-refractivity contribution is -0.272. The number of rotatable bonds is 19. The van der Waals surface area contributed by atoms with Crippen molar-refractivity contribution in [2.24, 2.45) is 0 Å². The van der Waals surface area contributed by atoms with Crippen molar-refractivity contribution in [1.82, 2.24) is 0 Å². The molecule has 0 aliphatic rings. The van der Waals surface area contributed by atoms with Crippen LogP contribution < -0.4 is 0 Å². The fourth-order valence-corrected chi connectivity index (χ4v) is 2.74. The van der Waals surface area contributed by atoms with E-state index < -0.39 is 0 Å². The molecule has 0 amide bonds. The average molecular weight is 383 g/mol. The van der Waals surface area contributed by atoms with Crippen molar-refractivity contribution in [3.63, 3.8) is 0 Å². The Morgan fingerprint density at radius 1 is 0.519 bits per heavy atom. The van der Waals surface area contributed by atoms with Crippen molar-refractivity contribution in [2.45, 2.75) is 124 Å². The Labute approximate surface area is 171 Å². The molecule has 0 unspecified atom stereocenters. The van der Waals surface area contributed by atoms with E-state index in [2.05, 4.69) is 54.9 Å². The van der Waals surface area contributed by atoms with Crippen molar-refractivity contribution in [1.29, 1.82) is 0 Å². The molecule has 0 atom stereocenters. The third-order valence-corrected chi connectivity index (χ3v) is 4.48. The van der Waals surface area contributed by atoms with E-state index in [-0.39, 0.29) is 0 Å². The molecule has 0 fully saturated rings. The molecule has 0 aromatic rings. The second kappa shape index (κ2) is 30.1. The molecule has 0 saturated heterocycles. The van der Waals surface area contributed by atoms with E-state index in [0.717, 1.165) is 13.0 Å². The van der Waals surface area contributed by atoms with E-state index in [1.165, 1.54) is 96.3 Å². The number of unbranched alkanes of at least 4 members (excludes halogenated alkanes) is 12. The molecule has 0 aromatic carbocycles. The van der Waals surface area contributed by atoms with Crippen LogP contribution in [0.1, 0.15) is 124 Å².